The maximum atomic E-state index is 11.8. The van der Waals surface area contributed by atoms with Crippen molar-refractivity contribution in [2.24, 2.45) is 5.92 Å². The fraction of sp³-hybridized carbons (Fsp3) is 0.875. The van der Waals surface area contributed by atoms with E-state index in [1.165, 1.54) is 0 Å². The third kappa shape index (κ3) is 2.42. The van der Waals surface area contributed by atoms with Crippen molar-refractivity contribution in [1.29, 1.82) is 5.26 Å². The number of nitrogens with one attached hydrogen (secondary N) is 1. The summed E-state index contributed by atoms with van der Waals surface area (Å²) in [5.41, 5.74) is 0. The van der Waals surface area contributed by atoms with Gasteiger partial charge in [0.05, 0.1) is 18.5 Å². The average molecular weight is 174 g/mol. The monoisotopic (exact) mass is 174 g/mol. The molecule has 0 aromatic rings. The number of alkyl halides is 2. The predicted octanol–water partition coefficient (Wildman–Crippen LogP) is 1.53. The van der Waals surface area contributed by atoms with Crippen molar-refractivity contribution in [2.75, 3.05) is 6.54 Å². The number of rotatable bonds is 3. The number of halogens is 2. The minimum atomic E-state index is -2.31. The van der Waals surface area contributed by atoms with Gasteiger partial charge in [0.25, 0.3) is 6.43 Å². The van der Waals surface area contributed by atoms with Gasteiger partial charge in [0.2, 0.25) is 0 Å². The van der Waals surface area contributed by atoms with E-state index in [1.807, 2.05) is 0 Å². The van der Waals surface area contributed by atoms with Gasteiger partial charge in [-0.15, -0.1) is 0 Å². The van der Waals surface area contributed by atoms with E-state index >= 15 is 0 Å². The molecule has 1 saturated carbocycles. The molecule has 0 saturated heterocycles. The molecule has 2 unspecified atom stereocenters. The zero-order valence-electron chi connectivity index (χ0n) is 6.76. The van der Waals surface area contributed by atoms with Crippen LogP contribution >= 0.6 is 0 Å². The molecule has 0 spiro atoms. The number of hydrogen-bond donors (Lipinski definition) is 1. The van der Waals surface area contributed by atoms with Gasteiger partial charge in [0.15, 0.2) is 0 Å². The van der Waals surface area contributed by atoms with Crippen LogP contribution in [0.4, 0.5) is 8.78 Å². The van der Waals surface area contributed by atoms with Crippen LogP contribution in [0.2, 0.25) is 0 Å². The molecule has 0 amide bonds. The van der Waals surface area contributed by atoms with E-state index in [9.17, 15) is 8.78 Å². The predicted molar refractivity (Wildman–Crippen MR) is 40.7 cm³/mol. The van der Waals surface area contributed by atoms with Crippen molar-refractivity contribution >= 4 is 0 Å². The zero-order chi connectivity index (χ0) is 8.97. The minimum Gasteiger partial charge on any atom is -0.307 e. The van der Waals surface area contributed by atoms with Crippen LogP contribution in [0.3, 0.4) is 0 Å². The molecular formula is C8H12F2N2. The van der Waals surface area contributed by atoms with Crippen molar-refractivity contribution in [1.82, 2.24) is 5.32 Å². The highest BCUT2D eigenvalue weighted by Gasteiger charge is 2.26. The maximum Gasteiger partial charge on any atom is 0.250 e. The Balaban J connectivity index is 2.27. The molecule has 68 valence electrons. The molecule has 0 bridgehead atoms. The zero-order valence-corrected chi connectivity index (χ0v) is 6.76. The summed E-state index contributed by atoms with van der Waals surface area (Å²) in [6.45, 7) is -0.289. The van der Waals surface area contributed by atoms with Crippen LogP contribution in [-0.2, 0) is 0 Å². The lowest BCUT2D eigenvalue weighted by atomic mass is 10.1. The van der Waals surface area contributed by atoms with Gasteiger partial charge in [0.1, 0.15) is 0 Å². The Morgan fingerprint density at radius 3 is 2.83 bits per heavy atom. The van der Waals surface area contributed by atoms with E-state index in [0.717, 1.165) is 19.3 Å². The molecular weight excluding hydrogens is 162 g/mol. The third-order valence-corrected chi connectivity index (χ3v) is 2.22. The molecule has 0 heterocycles. The molecule has 0 aromatic carbocycles. The highest BCUT2D eigenvalue weighted by atomic mass is 19.3. The van der Waals surface area contributed by atoms with Gasteiger partial charge in [-0.1, -0.05) is 6.42 Å². The van der Waals surface area contributed by atoms with Gasteiger partial charge in [-0.25, -0.2) is 8.78 Å². The van der Waals surface area contributed by atoms with Crippen LogP contribution in [-0.4, -0.2) is 19.0 Å². The second-order valence-electron chi connectivity index (χ2n) is 3.07. The van der Waals surface area contributed by atoms with Crippen molar-refractivity contribution in [3.8, 4) is 6.07 Å². The normalized spacial score (nSPS) is 29.2. The van der Waals surface area contributed by atoms with Crippen LogP contribution in [0, 0.1) is 17.2 Å². The topological polar surface area (TPSA) is 35.8 Å². The van der Waals surface area contributed by atoms with Crippen molar-refractivity contribution in [3.05, 3.63) is 0 Å². The standard InChI is InChI=1S/C8H12F2N2/c9-8(10)5-12-7-3-1-2-6(7)4-11/h6-8,12H,1-3,5H2. The fourth-order valence-electron chi connectivity index (χ4n) is 1.60. The number of nitrogens with zero attached hydrogens (tertiary/aromatic N) is 1. The van der Waals surface area contributed by atoms with Gasteiger partial charge in [-0.05, 0) is 12.8 Å². The Kier molecular flexibility index (Phi) is 3.42. The lowest BCUT2D eigenvalue weighted by Crippen LogP contribution is -2.35. The Morgan fingerprint density at radius 1 is 1.50 bits per heavy atom. The smallest absolute Gasteiger partial charge is 0.250 e. The summed E-state index contributed by atoms with van der Waals surface area (Å²) in [6.07, 6.45) is 0.353. The highest BCUT2D eigenvalue weighted by molar-refractivity contribution is 4.96. The second kappa shape index (κ2) is 4.36. The van der Waals surface area contributed by atoms with E-state index in [0.29, 0.717) is 0 Å². The summed E-state index contributed by atoms with van der Waals surface area (Å²) in [4.78, 5) is 0. The van der Waals surface area contributed by atoms with Crippen LogP contribution < -0.4 is 5.32 Å². The van der Waals surface area contributed by atoms with E-state index < -0.39 is 6.43 Å². The first-order chi connectivity index (χ1) is 5.74. The van der Waals surface area contributed by atoms with Gasteiger partial charge in [0, 0.05) is 6.04 Å². The quantitative estimate of drug-likeness (QED) is 0.704. The largest absolute Gasteiger partial charge is 0.307 e. The summed E-state index contributed by atoms with van der Waals surface area (Å²) >= 11 is 0. The summed E-state index contributed by atoms with van der Waals surface area (Å²) in [6, 6.07) is 2.12. The maximum absolute atomic E-state index is 11.8. The molecule has 0 aliphatic heterocycles. The van der Waals surface area contributed by atoms with Gasteiger partial charge in [-0.3, -0.25) is 0 Å². The molecule has 1 fully saturated rings. The molecule has 1 rings (SSSR count). The molecule has 1 N–H and O–H groups in total. The molecule has 2 nitrogen and oxygen atoms in total. The van der Waals surface area contributed by atoms with E-state index in [4.69, 9.17) is 5.26 Å². The van der Waals surface area contributed by atoms with Crippen LogP contribution in [0.15, 0.2) is 0 Å². The average Bonchev–Trinajstić information content (AvgIpc) is 2.47. The molecule has 4 heteroatoms. The minimum absolute atomic E-state index is 0.0102. The van der Waals surface area contributed by atoms with E-state index in [1.54, 1.807) is 0 Å². The third-order valence-electron chi connectivity index (χ3n) is 2.22. The molecule has 0 aromatic heterocycles. The Hall–Kier alpha value is -0.690. The summed E-state index contributed by atoms with van der Waals surface area (Å²) < 4.78 is 23.5. The number of nitriles is 1. The van der Waals surface area contributed by atoms with Gasteiger partial charge < -0.3 is 5.32 Å². The molecule has 1 aliphatic carbocycles. The Bertz CT molecular complexity index is 176. The Labute approximate surface area is 70.6 Å². The molecule has 2 atom stereocenters. The summed E-state index contributed by atoms with van der Waals surface area (Å²) in [5, 5.41) is 11.3. The molecule has 1 aliphatic rings. The highest BCUT2D eigenvalue weighted by Crippen LogP contribution is 2.24. The molecule has 12 heavy (non-hydrogen) atoms. The first-order valence-electron chi connectivity index (χ1n) is 4.15. The van der Waals surface area contributed by atoms with Crippen LogP contribution in [0.1, 0.15) is 19.3 Å². The Morgan fingerprint density at radius 2 is 2.25 bits per heavy atom. The first kappa shape index (κ1) is 9.40. The fourth-order valence-corrected chi connectivity index (χ4v) is 1.60. The van der Waals surface area contributed by atoms with E-state index in [2.05, 4.69) is 11.4 Å². The second-order valence-corrected chi connectivity index (χ2v) is 3.07. The molecule has 0 radical (unpaired) electrons. The van der Waals surface area contributed by atoms with Gasteiger partial charge in [-0.2, -0.15) is 5.26 Å². The summed E-state index contributed by atoms with van der Waals surface area (Å²) in [7, 11) is 0. The first-order valence-corrected chi connectivity index (χ1v) is 4.15. The number of hydrogen-bond acceptors (Lipinski definition) is 2. The van der Waals surface area contributed by atoms with E-state index in [-0.39, 0.29) is 18.5 Å². The summed E-state index contributed by atoms with van der Waals surface area (Å²) in [5.74, 6) is -0.0660. The lowest BCUT2D eigenvalue weighted by molar-refractivity contribution is 0.140. The van der Waals surface area contributed by atoms with Crippen LogP contribution in [0.25, 0.3) is 0 Å². The SMILES string of the molecule is N#CC1CCCC1NCC(F)F. The van der Waals surface area contributed by atoms with Crippen molar-refractivity contribution < 1.29 is 8.78 Å². The lowest BCUT2D eigenvalue weighted by Gasteiger charge is -2.14. The van der Waals surface area contributed by atoms with Crippen molar-refractivity contribution in [2.45, 2.75) is 31.7 Å². The van der Waals surface area contributed by atoms with Crippen LogP contribution in [0.5, 0.6) is 0 Å². The van der Waals surface area contributed by atoms with Crippen molar-refractivity contribution in [3.63, 3.8) is 0 Å². The van der Waals surface area contributed by atoms with Gasteiger partial charge >= 0.3 is 0 Å².